The summed E-state index contributed by atoms with van der Waals surface area (Å²) in [6.45, 7) is 3.32. The molecule has 2 atom stereocenters. The number of halogens is 1. The highest BCUT2D eigenvalue weighted by atomic mass is 35.5. The predicted molar refractivity (Wildman–Crippen MR) is 110 cm³/mol. The van der Waals surface area contributed by atoms with Crippen LogP contribution in [0.5, 0.6) is 0 Å². The number of rotatable bonds is 5. The van der Waals surface area contributed by atoms with Crippen molar-refractivity contribution >= 4 is 34.8 Å². The van der Waals surface area contributed by atoms with Crippen LogP contribution in [-0.2, 0) is 17.8 Å². The molecule has 0 aliphatic carbocycles. The Morgan fingerprint density at radius 1 is 1.38 bits per heavy atom. The second-order valence-corrected chi connectivity index (χ2v) is 9.27. The van der Waals surface area contributed by atoms with E-state index in [1.165, 1.54) is 11.3 Å². The summed E-state index contributed by atoms with van der Waals surface area (Å²) in [6, 6.07) is 5.04. The molecule has 29 heavy (non-hydrogen) atoms. The van der Waals surface area contributed by atoms with E-state index < -0.39 is 0 Å². The topological polar surface area (TPSA) is 79.7 Å². The number of likely N-dealkylation sites (N-methyl/N-ethyl adjacent to an activating group) is 1. The molecular weight excluding hydrogens is 414 g/mol. The maximum Gasteiger partial charge on any atom is 0.274 e. The third-order valence-corrected chi connectivity index (χ3v) is 6.60. The van der Waals surface area contributed by atoms with Gasteiger partial charge in [0.15, 0.2) is 5.69 Å². The smallest absolute Gasteiger partial charge is 0.274 e. The van der Waals surface area contributed by atoms with Crippen molar-refractivity contribution in [2.75, 3.05) is 33.9 Å². The third kappa shape index (κ3) is 4.32. The summed E-state index contributed by atoms with van der Waals surface area (Å²) < 4.78 is 7.81. The Labute approximate surface area is 178 Å². The minimum absolute atomic E-state index is 0.105. The van der Waals surface area contributed by atoms with Crippen molar-refractivity contribution in [1.29, 1.82) is 0 Å². The average molecular weight is 438 g/mol. The first kappa shape index (κ1) is 20.3. The Hall–Kier alpha value is -1.94. The summed E-state index contributed by atoms with van der Waals surface area (Å²) in [5.74, 6) is -0.287. The average Bonchev–Trinajstić information content (AvgIpc) is 3.39. The van der Waals surface area contributed by atoms with Crippen LogP contribution < -0.4 is 5.32 Å². The quantitative estimate of drug-likeness (QED) is 0.770. The van der Waals surface area contributed by atoms with E-state index in [-0.39, 0.29) is 23.9 Å². The molecule has 10 heteroatoms. The van der Waals surface area contributed by atoms with E-state index in [2.05, 4.69) is 22.4 Å². The number of amides is 2. The number of fused-ring (bicyclic) bond motifs is 1. The van der Waals surface area contributed by atoms with E-state index in [0.717, 1.165) is 25.3 Å². The number of nitrogens with zero attached hydrogens (tertiary/aromatic N) is 4. The second kappa shape index (κ2) is 8.43. The molecule has 1 N–H and O–H groups in total. The number of methoxy groups -OCH3 is 1. The van der Waals surface area contributed by atoms with Crippen molar-refractivity contribution < 1.29 is 14.3 Å². The highest BCUT2D eigenvalue weighted by molar-refractivity contribution is 7.18. The lowest BCUT2D eigenvalue weighted by Crippen LogP contribution is -2.40. The minimum atomic E-state index is -0.169. The highest BCUT2D eigenvalue weighted by Gasteiger charge is 2.37. The van der Waals surface area contributed by atoms with Crippen molar-refractivity contribution in [2.24, 2.45) is 0 Å². The lowest BCUT2D eigenvalue weighted by Gasteiger charge is -2.23. The summed E-state index contributed by atoms with van der Waals surface area (Å²) in [7, 11) is 3.68. The number of hydrogen-bond donors (Lipinski definition) is 1. The van der Waals surface area contributed by atoms with Gasteiger partial charge in [-0.2, -0.15) is 5.10 Å². The van der Waals surface area contributed by atoms with Gasteiger partial charge in [-0.05, 0) is 31.7 Å². The molecule has 1 fully saturated rings. The fourth-order valence-electron chi connectivity index (χ4n) is 3.96. The first-order chi connectivity index (χ1) is 13.9. The summed E-state index contributed by atoms with van der Waals surface area (Å²) in [6.07, 6.45) is 0.640. The van der Waals surface area contributed by atoms with E-state index in [9.17, 15) is 9.59 Å². The van der Waals surface area contributed by atoms with E-state index in [4.69, 9.17) is 16.3 Å². The molecule has 2 aromatic heterocycles. The normalized spacial score (nSPS) is 22.0. The lowest BCUT2D eigenvalue weighted by molar-refractivity contribution is 0.0622. The van der Waals surface area contributed by atoms with Crippen LogP contribution in [0.4, 0.5) is 0 Å². The zero-order valence-corrected chi connectivity index (χ0v) is 18.0. The van der Waals surface area contributed by atoms with Gasteiger partial charge in [-0.25, -0.2) is 0 Å². The third-order valence-electron chi connectivity index (χ3n) is 5.37. The maximum atomic E-state index is 13.2. The van der Waals surface area contributed by atoms with Crippen molar-refractivity contribution in [1.82, 2.24) is 24.9 Å². The molecule has 0 bridgehead atoms. The maximum absolute atomic E-state index is 13.2. The van der Waals surface area contributed by atoms with Gasteiger partial charge < -0.3 is 15.0 Å². The van der Waals surface area contributed by atoms with Gasteiger partial charge in [0.1, 0.15) is 0 Å². The van der Waals surface area contributed by atoms with Gasteiger partial charge in [-0.1, -0.05) is 11.6 Å². The molecule has 1 saturated heterocycles. The lowest BCUT2D eigenvalue weighted by atomic mass is 10.1. The van der Waals surface area contributed by atoms with Gasteiger partial charge in [0, 0.05) is 32.8 Å². The van der Waals surface area contributed by atoms with Crippen LogP contribution in [0.15, 0.2) is 18.2 Å². The minimum Gasteiger partial charge on any atom is -0.383 e. The Kier molecular flexibility index (Phi) is 5.91. The summed E-state index contributed by atoms with van der Waals surface area (Å²) in [5.41, 5.74) is 1.50. The van der Waals surface area contributed by atoms with Crippen LogP contribution in [0.1, 0.15) is 32.3 Å². The van der Waals surface area contributed by atoms with Crippen molar-refractivity contribution in [3.8, 4) is 0 Å². The van der Waals surface area contributed by atoms with Crippen LogP contribution in [-0.4, -0.2) is 77.3 Å². The first-order valence-electron chi connectivity index (χ1n) is 9.56. The van der Waals surface area contributed by atoms with E-state index in [0.29, 0.717) is 34.5 Å². The number of aromatic nitrogens is 2. The molecule has 8 nitrogen and oxygen atoms in total. The number of nitrogens with one attached hydrogen (secondary N) is 1. The Morgan fingerprint density at radius 3 is 2.93 bits per heavy atom. The number of carbonyl (C=O) groups is 2. The second-order valence-electron chi connectivity index (χ2n) is 7.56. The molecule has 156 valence electrons. The van der Waals surface area contributed by atoms with Crippen molar-refractivity contribution in [2.45, 2.75) is 31.6 Å². The standard InChI is InChI=1S/C19H24ClN5O3S/c1-23-5-6-25-13(10-23)8-15(22-25)19(27)24-9-12(7-14(24)11-28-2)21-18(26)16-3-4-17(20)29-16/h3-4,8,12,14H,5-7,9-11H2,1-2H3,(H,21,26)/t12-,14+/m1/s1. The van der Waals surface area contributed by atoms with Crippen LogP contribution in [0.2, 0.25) is 4.34 Å². The summed E-state index contributed by atoms with van der Waals surface area (Å²) >= 11 is 7.17. The number of carbonyl (C=O) groups excluding carboxylic acids is 2. The highest BCUT2D eigenvalue weighted by Crippen LogP contribution is 2.24. The van der Waals surface area contributed by atoms with Gasteiger partial charge in [0.05, 0.1) is 34.1 Å². The SMILES string of the molecule is COC[C@@H]1C[C@@H](NC(=O)c2ccc(Cl)s2)CN1C(=O)c1cc2n(n1)CCN(C)C2. The molecule has 2 aromatic rings. The van der Waals surface area contributed by atoms with Gasteiger partial charge in [-0.3, -0.25) is 19.2 Å². The fourth-order valence-corrected chi connectivity index (χ4v) is 4.91. The van der Waals surface area contributed by atoms with Crippen molar-refractivity contribution in [3.05, 3.63) is 38.8 Å². The van der Waals surface area contributed by atoms with Gasteiger partial charge in [-0.15, -0.1) is 11.3 Å². The predicted octanol–water partition coefficient (Wildman–Crippen LogP) is 1.70. The van der Waals surface area contributed by atoms with E-state index >= 15 is 0 Å². The number of ether oxygens (including phenoxy) is 1. The first-order valence-corrected chi connectivity index (χ1v) is 10.8. The molecule has 0 radical (unpaired) electrons. The molecule has 2 aliphatic rings. The monoisotopic (exact) mass is 437 g/mol. The zero-order valence-electron chi connectivity index (χ0n) is 16.4. The van der Waals surface area contributed by atoms with Crippen LogP contribution in [0, 0.1) is 0 Å². The molecule has 0 saturated carbocycles. The van der Waals surface area contributed by atoms with Crippen LogP contribution in [0.25, 0.3) is 0 Å². The molecule has 0 unspecified atom stereocenters. The van der Waals surface area contributed by atoms with Gasteiger partial charge in [0.2, 0.25) is 0 Å². The summed E-state index contributed by atoms with van der Waals surface area (Å²) in [4.78, 5) is 30.2. The largest absolute Gasteiger partial charge is 0.383 e. The molecule has 4 heterocycles. The Morgan fingerprint density at radius 2 is 2.21 bits per heavy atom. The molecule has 2 amide bonds. The number of hydrogen-bond acceptors (Lipinski definition) is 6. The van der Waals surface area contributed by atoms with E-state index in [1.54, 1.807) is 24.1 Å². The van der Waals surface area contributed by atoms with Crippen LogP contribution >= 0.6 is 22.9 Å². The number of thiophene rings is 1. The fraction of sp³-hybridized carbons (Fsp3) is 0.526. The number of likely N-dealkylation sites (tertiary alicyclic amines) is 1. The Bertz CT molecular complexity index is 914. The molecule has 2 aliphatic heterocycles. The Balaban J connectivity index is 1.47. The molecule has 4 rings (SSSR count). The van der Waals surface area contributed by atoms with E-state index in [1.807, 2.05) is 10.7 Å². The van der Waals surface area contributed by atoms with Crippen molar-refractivity contribution in [3.63, 3.8) is 0 Å². The van der Waals surface area contributed by atoms with Gasteiger partial charge in [0.25, 0.3) is 11.8 Å². The van der Waals surface area contributed by atoms with Crippen LogP contribution in [0.3, 0.4) is 0 Å². The molecule has 0 spiro atoms. The zero-order chi connectivity index (χ0) is 20.5. The molecular formula is C19H24ClN5O3S. The van der Waals surface area contributed by atoms with Gasteiger partial charge >= 0.3 is 0 Å². The molecule has 0 aromatic carbocycles. The summed E-state index contributed by atoms with van der Waals surface area (Å²) in [5, 5.41) is 7.54.